The van der Waals surface area contributed by atoms with Crippen LogP contribution in [0.4, 0.5) is 0 Å². The number of nitrogens with zero attached hydrogens (tertiary/aromatic N) is 1. The second-order valence-electron chi connectivity index (χ2n) is 7.73. The molecule has 3 atom stereocenters. The molecule has 2 aliphatic heterocycles. The summed E-state index contributed by atoms with van der Waals surface area (Å²) < 4.78 is 5.26. The zero-order chi connectivity index (χ0) is 20.6. The number of nitrogens with one attached hydrogen (secondary N) is 1. The van der Waals surface area contributed by atoms with E-state index in [1.54, 1.807) is 16.7 Å². The molecular formula is C22H24N2O4S. The highest BCUT2D eigenvalue weighted by atomic mass is 32.2. The average molecular weight is 413 g/mol. The number of thioether (sulfide) groups is 1. The lowest BCUT2D eigenvalue weighted by Gasteiger charge is -2.29. The molecule has 4 rings (SSSR count). The third kappa shape index (κ3) is 3.71. The number of hydrogen-bond acceptors (Lipinski definition) is 5. The van der Waals surface area contributed by atoms with Crippen LogP contribution in [0.2, 0.25) is 0 Å². The molecule has 0 bridgehead atoms. The van der Waals surface area contributed by atoms with Gasteiger partial charge in [-0.2, -0.15) is 0 Å². The van der Waals surface area contributed by atoms with Crippen molar-refractivity contribution in [1.29, 1.82) is 0 Å². The van der Waals surface area contributed by atoms with E-state index in [4.69, 9.17) is 4.74 Å². The number of carbonyl (C=O) groups excluding carboxylic acids is 3. The molecule has 0 aliphatic carbocycles. The molecule has 0 radical (unpaired) electrons. The Labute approximate surface area is 174 Å². The molecule has 7 heteroatoms. The van der Waals surface area contributed by atoms with E-state index in [1.165, 1.54) is 0 Å². The number of amides is 2. The lowest BCUT2D eigenvalue weighted by molar-refractivity contribution is -0.156. The minimum absolute atomic E-state index is 0.0199. The van der Waals surface area contributed by atoms with E-state index in [9.17, 15) is 14.4 Å². The summed E-state index contributed by atoms with van der Waals surface area (Å²) >= 11 is 1.60. The summed E-state index contributed by atoms with van der Waals surface area (Å²) in [6, 6.07) is 13.1. The van der Waals surface area contributed by atoms with Crippen LogP contribution in [0.3, 0.4) is 0 Å². The fourth-order valence-electron chi connectivity index (χ4n) is 4.22. The van der Waals surface area contributed by atoms with Crippen LogP contribution in [0.1, 0.15) is 38.3 Å². The van der Waals surface area contributed by atoms with E-state index in [1.807, 2.05) is 56.3 Å². The molecule has 0 spiro atoms. The zero-order valence-corrected chi connectivity index (χ0v) is 17.3. The van der Waals surface area contributed by atoms with Crippen molar-refractivity contribution in [3.8, 4) is 0 Å². The highest BCUT2D eigenvalue weighted by Crippen LogP contribution is 2.47. The van der Waals surface area contributed by atoms with Gasteiger partial charge in [0.1, 0.15) is 6.04 Å². The Hall–Kier alpha value is -2.54. The lowest BCUT2D eigenvalue weighted by atomic mass is 10.00. The first kappa shape index (κ1) is 19.8. The lowest BCUT2D eigenvalue weighted by Crippen LogP contribution is -2.47. The summed E-state index contributed by atoms with van der Waals surface area (Å²) in [7, 11) is 0. The van der Waals surface area contributed by atoms with E-state index in [0.29, 0.717) is 12.2 Å². The van der Waals surface area contributed by atoms with Gasteiger partial charge in [-0.15, -0.1) is 11.8 Å². The monoisotopic (exact) mass is 412 g/mol. The molecule has 29 heavy (non-hydrogen) atoms. The van der Waals surface area contributed by atoms with Crippen LogP contribution >= 0.6 is 11.8 Å². The maximum absolute atomic E-state index is 12.5. The van der Waals surface area contributed by atoms with Gasteiger partial charge in [-0.3, -0.25) is 9.59 Å². The second-order valence-corrected chi connectivity index (χ2v) is 9.23. The fraction of sp³-hybridized carbons (Fsp3) is 0.409. The molecule has 6 nitrogen and oxygen atoms in total. The Morgan fingerprint density at radius 2 is 2.03 bits per heavy atom. The zero-order valence-electron chi connectivity index (χ0n) is 16.5. The van der Waals surface area contributed by atoms with Crippen molar-refractivity contribution in [2.45, 2.75) is 43.6 Å². The molecule has 2 amide bonds. The normalized spacial score (nSPS) is 24.4. The van der Waals surface area contributed by atoms with E-state index >= 15 is 0 Å². The van der Waals surface area contributed by atoms with Crippen molar-refractivity contribution in [3.05, 3.63) is 48.0 Å². The van der Waals surface area contributed by atoms with Crippen molar-refractivity contribution in [2.75, 3.05) is 12.4 Å². The molecule has 152 valence electrons. The summed E-state index contributed by atoms with van der Waals surface area (Å²) in [4.78, 5) is 38.3. The first-order chi connectivity index (χ1) is 13.9. The Morgan fingerprint density at radius 1 is 1.28 bits per heavy atom. The fourth-order valence-corrected chi connectivity index (χ4v) is 5.63. The van der Waals surface area contributed by atoms with Crippen LogP contribution in [0.5, 0.6) is 0 Å². The third-order valence-corrected chi connectivity index (χ3v) is 7.23. The molecule has 2 heterocycles. The van der Waals surface area contributed by atoms with Gasteiger partial charge in [0.05, 0.1) is 10.9 Å². The predicted octanol–water partition coefficient (Wildman–Crippen LogP) is 3.01. The van der Waals surface area contributed by atoms with Gasteiger partial charge in [-0.1, -0.05) is 42.5 Å². The van der Waals surface area contributed by atoms with Crippen LogP contribution in [0.25, 0.3) is 10.8 Å². The minimum atomic E-state index is -0.608. The Balaban J connectivity index is 1.35. The minimum Gasteiger partial charge on any atom is -0.454 e. The van der Waals surface area contributed by atoms with Gasteiger partial charge in [-0.25, -0.2) is 4.79 Å². The Morgan fingerprint density at radius 3 is 2.86 bits per heavy atom. The van der Waals surface area contributed by atoms with Gasteiger partial charge in [-0.05, 0) is 36.6 Å². The second kappa shape index (κ2) is 7.71. The number of hydrogen-bond donors (Lipinski definition) is 1. The van der Waals surface area contributed by atoms with Crippen LogP contribution in [-0.4, -0.2) is 46.0 Å². The number of benzene rings is 2. The maximum Gasteiger partial charge on any atom is 0.330 e. The standard InChI is InChI=1S/C22H24N2O4S/c1-14(16-9-5-7-15-6-3-4-8-17(15)16)23-19(25)12-28-21(27)18-13-29-22(2)11-10-20(26)24(18)22/h3-9,14,18H,10-13H2,1-2H3,(H,23,25)/t14-,18+,22+/m1/s1. The largest absolute Gasteiger partial charge is 0.454 e. The quantitative estimate of drug-likeness (QED) is 0.764. The van der Waals surface area contributed by atoms with Gasteiger partial charge in [0, 0.05) is 12.2 Å². The van der Waals surface area contributed by atoms with Crippen molar-refractivity contribution < 1.29 is 19.1 Å². The molecule has 0 saturated carbocycles. The molecule has 2 aromatic rings. The van der Waals surface area contributed by atoms with Crippen molar-refractivity contribution >= 4 is 40.3 Å². The number of fused-ring (bicyclic) bond motifs is 2. The smallest absolute Gasteiger partial charge is 0.330 e. The average Bonchev–Trinajstić information content (AvgIpc) is 3.21. The molecule has 0 unspecified atom stereocenters. The summed E-state index contributed by atoms with van der Waals surface area (Å²) in [6.07, 6.45) is 1.19. The summed E-state index contributed by atoms with van der Waals surface area (Å²) in [5.74, 6) is -0.382. The molecule has 0 aromatic heterocycles. The van der Waals surface area contributed by atoms with E-state index in [2.05, 4.69) is 5.32 Å². The highest BCUT2D eigenvalue weighted by Gasteiger charge is 2.53. The summed E-state index contributed by atoms with van der Waals surface area (Å²) in [6.45, 7) is 3.53. The van der Waals surface area contributed by atoms with Crippen LogP contribution in [0.15, 0.2) is 42.5 Å². The molecule has 2 fully saturated rings. The van der Waals surface area contributed by atoms with Gasteiger partial charge >= 0.3 is 5.97 Å². The van der Waals surface area contributed by atoms with Crippen LogP contribution in [-0.2, 0) is 19.1 Å². The summed E-state index contributed by atoms with van der Waals surface area (Å²) in [5, 5.41) is 5.08. The summed E-state index contributed by atoms with van der Waals surface area (Å²) in [5.41, 5.74) is 1.01. The first-order valence-corrected chi connectivity index (χ1v) is 10.8. The topological polar surface area (TPSA) is 75.7 Å². The van der Waals surface area contributed by atoms with Gasteiger partial charge in [0.25, 0.3) is 5.91 Å². The Bertz CT molecular complexity index is 973. The number of carbonyl (C=O) groups is 3. The molecular weight excluding hydrogens is 388 g/mol. The molecule has 2 aromatic carbocycles. The van der Waals surface area contributed by atoms with Crippen LogP contribution in [0, 0.1) is 0 Å². The van der Waals surface area contributed by atoms with Gasteiger partial charge < -0.3 is 15.0 Å². The number of ether oxygens (including phenoxy) is 1. The van der Waals surface area contributed by atoms with Crippen molar-refractivity contribution in [3.63, 3.8) is 0 Å². The van der Waals surface area contributed by atoms with Crippen molar-refractivity contribution in [1.82, 2.24) is 10.2 Å². The third-order valence-electron chi connectivity index (χ3n) is 5.73. The molecule has 2 saturated heterocycles. The number of rotatable bonds is 5. The highest BCUT2D eigenvalue weighted by molar-refractivity contribution is 8.01. The first-order valence-electron chi connectivity index (χ1n) is 9.79. The van der Waals surface area contributed by atoms with E-state index < -0.39 is 12.0 Å². The van der Waals surface area contributed by atoms with Gasteiger partial charge in [0.2, 0.25) is 5.91 Å². The number of esters is 1. The van der Waals surface area contributed by atoms with E-state index in [0.717, 1.165) is 22.8 Å². The molecule has 1 N–H and O–H groups in total. The van der Waals surface area contributed by atoms with E-state index in [-0.39, 0.29) is 29.3 Å². The molecule has 2 aliphatic rings. The van der Waals surface area contributed by atoms with Crippen molar-refractivity contribution in [2.24, 2.45) is 0 Å². The Kier molecular flexibility index (Phi) is 5.25. The van der Waals surface area contributed by atoms with Gasteiger partial charge in [0.15, 0.2) is 6.61 Å². The van der Waals surface area contributed by atoms with Crippen LogP contribution < -0.4 is 5.32 Å². The predicted molar refractivity (Wildman–Crippen MR) is 112 cm³/mol. The maximum atomic E-state index is 12.5. The SMILES string of the molecule is C[C@@H](NC(=O)COC(=O)[C@@H]1CS[C@@]2(C)CCC(=O)N12)c1cccc2ccccc12.